The summed E-state index contributed by atoms with van der Waals surface area (Å²) in [5.41, 5.74) is 2.43. The lowest BCUT2D eigenvalue weighted by Crippen LogP contribution is -2.37. The molecule has 2 aromatic heterocycles. The first-order valence-corrected chi connectivity index (χ1v) is 8.77. The average Bonchev–Trinajstić information content (AvgIpc) is 3.12. The summed E-state index contributed by atoms with van der Waals surface area (Å²) >= 11 is 0. The summed E-state index contributed by atoms with van der Waals surface area (Å²) in [5.74, 6) is 0.337. The maximum absolute atomic E-state index is 12.7. The van der Waals surface area contributed by atoms with Crippen LogP contribution in [0.3, 0.4) is 0 Å². The number of likely N-dealkylation sites (N-methyl/N-ethyl adjacent to an activating group) is 1. The van der Waals surface area contributed by atoms with Crippen molar-refractivity contribution < 1.29 is 18.5 Å². The number of hydrogen-bond donors (Lipinski definition) is 0. The van der Waals surface area contributed by atoms with Crippen LogP contribution in [0.25, 0.3) is 11.0 Å². The van der Waals surface area contributed by atoms with E-state index in [1.54, 1.807) is 26.1 Å². The maximum Gasteiger partial charge on any atom is 0.336 e. The summed E-state index contributed by atoms with van der Waals surface area (Å²) in [6.07, 6.45) is 1.39. The smallest absolute Gasteiger partial charge is 0.336 e. The molecule has 1 atom stereocenters. The number of ether oxygens (including phenoxy) is 1. The van der Waals surface area contributed by atoms with Crippen LogP contribution >= 0.6 is 0 Å². The minimum absolute atomic E-state index is 0.192. The Balaban J connectivity index is 1.89. The topological polar surface area (TPSA) is 85.8 Å². The lowest BCUT2D eigenvalue weighted by atomic mass is 10.0. The first-order valence-electron chi connectivity index (χ1n) is 8.77. The van der Waals surface area contributed by atoms with Crippen molar-refractivity contribution in [1.29, 1.82) is 0 Å². The highest BCUT2D eigenvalue weighted by molar-refractivity contribution is 5.88. The minimum atomic E-state index is -0.719. The Morgan fingerprint density at radius 3 is 2.78 bits per heavy atom. The molecule has 0 aliphatic rings. The van der Waals surface area contributed by atoms with Gasteiger partial charge in [-0.2, -0.15) is 0 Å². The number of rotatable bonds is 6. The molecular weight excluding hydrogens is 348 g/mol. The van der Waals surface area contributed by atoms with E-state index in [9.17, 15) is 9.59 Å². The molecule has 0 N–H and O–H groups in total. The first-order chi connectivity index (χ1) is 12.9. The van der Waals surface area contributed by atoms with Crippen molar-refractivity contribution in [2.24, 2.45) is 0 Å². The highest BCUT2D eigenvalue weighted by Gasteiger charge is 2.22. The fraction of sp³-hybridized carbons (Fsp3) is 0.350. The summed E-state index contributed by atoms with van der Waals surface area (Å²) in [6.45, 7) is 5.86. The van der Waals surface area contributed by atoms with Crippen molar-refractivity contribution in [3.8, 4) is 5.75 Å². The van der Waals surface area contributed by atoms with Gasteiger partial charge in [-0.3, -0.25) is 4.79 Å². The number of fused-ring (bicyclic) bond motifs is 1. The Bertz CT molecular complexity index is 1010. The zero-order chi connectivity index (χ0) is 19.6. The van der Waals surface area contributed by atoms with Gasteiger partial charge in [-0.1, -0.05) is 12.1 Å². The molecule has 0 aliphatic heterocycles. The molecule has 27 heavy (non-hydrogen) atoms. The Kier molecular flexibility index (Phi) is 5.30. The average molecular weight is 370 g/mol. The van der Waals surface area contributed by atoms with Gasteiger partial charge in [0.2, 0.25) is 0 Å². The van der Waals surface area contributed by atoms with E-state index < -0.39 is 11.7 Å². The van der Waals surface area contributed by atoms with E-state index in [-0.39, 0.29) is 5.91 Å². The van der Waals surface area contributed by atoms with Crippen LogP contribution in [-0.2, 0) is 17.8 Å². The fourth-order valence-electron chi connectivity index (χ4n) is 3.03. The number of carbonyl (C=O) groups is 1. The van der Waals surface area contributed by atoms with Gasteiger partial charge in [-0.05, 0) is 43.5 Å². The molecule has 1 unspecified atom stereocenters. The quantitative estimate of drug-likeness (QED) is 0.620. The van der Waals surface area contributed by atoms with E-state index in [1.807, 2.05) is 19.9 Å². The molecule has 3 rings (SSSR count). The lowest BCUT2D eigenvalue weighted by Gasteiger charge is -2.22. The van der Waals surface area contributed by atoms with Crippen molar-refractivity contribution in [3.63, 3.8) is 0 Å². The number of amides is 1. The van der Waals surface area contributed by atoms with Crippen LogP contribution in [0, 0.1) is 6.92 Å². The number of nitrogens with zero attached hydrogens (tertiary/aromatic N) is 2. The van der Waals surface area contributed by atoms with E-state index in [4.69, 9.17) is 13.7 Å². The van der Waals surface area contributed by atoms with Crippen molar-refractivity contribution in [3.05, 3.63) is 57.8 Å². The van der Waals surface area contributed by atoms with Crippen molar-refractivity contribution in [2.75, 3.05) is 7.05 Å². The number of aryl methyl sites for hydroxylation is 2. The Morgan fingerprint density at radius 1 is 1.33 bits per heavy atom. The largest absolute Gasteiger partial charge is 0.480 e. The standard InChI is InChI=1S/C20H22N2O5/c1-5-14-10-18(23)27-17-9-12(2)8-16(19(14)17)26-13(3)20(24)22(4)11-15-6-7-25-21-15/h6-10,13H,5,11H2,1-4H3. The van der Waals surface area contributed by atoms with Gasteiger partial charge < -0.3 is 18.6 Å². The van der Waals surface area contributed by atoms with Gasteiger partial charge in [-0.15, -0.1) is 0 Å². The molecule has 0 radical (unpaired) electrons. The molecule has 0 fully saturated rings. The van der Waals surface area contributed by atoms with Crippen LogP contribution in [-0.4, -0.2) is 29.1 Å². The molecule has 1 aromatic carbocycles. The van der Waals surface area contributed by atoms with Crippen molar-refractivity contribution >= 4 is 16.9 Å². The first kappa shape index (κ1) is 18.7. The SMILES string of the molecule is CCc1cc(=O)oc2cc(C)cc(OC(C)C(=O)N(C)Cc3ccon3)c12. The molecular formula is C20H22N2O5. The zero-order valence-corrected chi connectivity index (χ0v) is 15.8. The summed E-state index contributed by atoms with van der Waals surface area (Å²) in [7, 11) is 1.68. The van der Waals surface area contributed by atoms with Crippen LogP contribution in [0.15, 0.2) is 44.3 Å². The molecule has 0 aliphatic carbocycles. The van der Waals surface area contributed by atoms with Gasteiger partial charge in [0.1, 0.15) is 23.3 Å². The van der Waals surface area contributed by atoms with Gasteiger partial charge >= 0.3 is 5.63 Å². The van der Waals surface area contributed by atoms with E-state index in [2.05, 4.69) is 5.16 Å². The van der Waals surface area contributed by atoms with Gasteiger partial charge in [0, 0.05) is 19.2 Å². The van der Waals surface area contributed by atoms with Crippen LogP contribution in [0.4, 0.5) is 0 Å². The second kappa shape index (κ2) is 7.65. The predicted molar refractivity (Wildman–Crippen MR) is 99.7 cm³/mol. The molecule has 7 nitrogen and oxygen atoms in total. The highest BCUT2D eigenvalue weighted by atomic mass is 16.5. The third-order valence-electron chi connectivity index (χ3n) is 4.33. The van der Waals surface area contributed by atoms with Crippen LogP contribution < -0.4 is 10.4 Å². The number of hydrogen-bond acceptors (Lipinski definition) is 6. The summed E-state index contributed by atoms with van der Waals surface area (Å²) in [6, 6.07) is 6.82. The lowest BCUT2D eigenvalue weighted by molar-refractivity contribution is -0.137. The predicted octanol–water partition coefficient (Wildman–Crippen LogP) is 3.08. The second-order valence-corrected chi connectivity index (χ2v) is 6.53. The van der Waals surface area contributed by atoms with Crippen molar-refractivity contribution in [2.45, 2.75) is 39.8 Å². The van der Waals surface area contributed by atoms with Gasteiger partial charge in [0.05, 0.1) is 11.9 Å². The molecule has 2 heterocycles. The third-order valence-corrected chi connectivity index (χ3v) is 4.33. The van der Waals surface area contributed by atoms with Crippen LogP contribution in [0.1, 0.15) is 30.7 Å². The van der Waals surface area contributed by atoms with E-state index in [0.717, 1.165) is 16.5 Å². The number of benzene rings is 1. The summed E-state index contributed by atoms with van der Waals surface area (Å²) in [5, 5.41) is 4.54. The number of carbonyl (C=O) groups excluding carboxylic acids is 1. The summed E-state index contributed by atoms with van der Waals surface area (Å²) in [4.78, 5) is 26.0. The molecule has 7 heteroatoms. The van der Waals surface area contributed by atoms with Gasteiger partial charge in [0.25, 0.3) is 5.91 Å². The zero-order valence-electron chi connectivity index (χ0n) is 15.8. The molecule has 3 aromatic rings. The molecule has 0 saturated heterocycles. The minimum Gasteiger partial charge on any atom is -0.480 e. The molecule has 0 bridgehead atoms. The van der Waals surface area contributed by atoms with Gasteiger partial charge in [0.15, 0.2) is 6.10 Å². The normalized spacial score (nSPS) is 12.1. The van der Waals surface area contributed by atoms with Crippen molar-refractivity contribution in [1.82, 2.24) is 10.1 Å². The second-order valence-electron chi connectivity index (χ2n) is 6.53. The Morgan fingerprint density at radius 2 is 2.11 bits per heavy atom. The maximum atomic E-state index is 12.7. The molecule has 0 spiro atoms. The monoisotopic (exact) mass is 370 g/mol. The highest BCUT2D eigenvalue weighted by Crippen LogP contribution is 2.31. The number of aromatic nitrogens is 1. The van der Waals surface area contributed by atoms with Crippen LogP contribution in [0.5, 0.6) is 5.75 Å². The Hall–Kier alpha value is -3.09. The fourth-order valence-corrected chi connectivity index (χ4v) is 3.03. The Labute approximate surface area is 156 Å². The van der Waals surface area contributed by atoms with E-state index in [0.29, 0.717) is 30.0 Å². The van der Waals surface area contributed by atoms with Crippen LogP contribution in [0.2, 0.25) is 0 Å². The van der Waals surface area contributed by atoms with E-state index in [1.165, 1.54) is 17.2 Å². The molecule has 1 amide bonds. The molecule has 0 saturated carbocycles. The third kappa shape index (κ3) is 4.02. The van der Waals surface area contributed by atoms with Gasteiger partial charge in [-0.25, -0.2) is 4.79 Å². The molecule has 142 valence electrons. The summed E-state index contributed by atoms with van der Waals surface area (Å²) < 4.78 is 16.1. The van der Waals surface area contributed by atoms with E-state index >= 15 is 0 Å².